The van der Waals surface area contributed by atoms with Gasteiger partial charge in [-0.15, -0.1) is 0 Å². The summed E-state index contributed by atoms with van der Waals surface area (Å²) in [6.07, 6.45) is 12.6. The quantitative estimate of drug-likeness (QED) is 0.417. The standard InChI is InChI=1S/C32H43N6O3/c1-5-27-28(19-26-11-10-23-18-22(3)9-12-29(23)41-26)34-32(40-21-25-8-7-15-36(25)4)35-31(27)37-16-17-38(30(39)6-2)24(20-37)13-14-33/h6,9,18,24-26H,2,5,7-8,10-13,15-17,19-21H2,1,3-4H3/t24?,25?,26-/m1/s1. The molecule has 0 bridgehead atoms. The van der Waals surface area contributed by atoms with Crippen LogP contribution in [0.15, 0.2) is 35.6 Å². The maximum atomic E-state index is 12.5. The third-order valence-corrected chi connectivity index (χ3v) is 8.88. The van der Waals surface area contributed by atoms with Gasteiger partial charge in [-0.1, -0.05) is 25.2 Å². The summed E-state index contributed by atoms with van der Waals surface area (Å²) in [6.45, 7) is 11.2. The molecular weight excluding hydrogens is 516 g/mol. The van der Waals surface area contributed by atoms with Crippen LogP contribution in [0.1, 0.15) is 63.6 Å². The van der Waals surface area contributed by atoms with E-state index in [0.29, 0.717) is 44.7 Å². The van der Waals surface area contributed by atoms with Gasteiger partial charge >= 0.3 is 6.01 Å². The van der Waals surface area contributed by atoms with Crippen molar-refractivity contribution in [3.05, 3.63) is 53.3 Å². The van der Waals surface area contributed by atoms with Crippen molar-refractivity contribution in [2.75, 3.05) is 44.7 Å². The van der Waals surface area contributed by atoms with Gasteiger partial charge in [0, 0.05) is 50.5 Å². The van der Waals surface area contributed by atoms with Gasteiger partial charge in [0.2, 0.25) is 5.91 Å². The van der Waals surface area contributed by atoms with Gasteiger partial charge in [0.1, 0.15) is 18.5 Å². The molecular formula is C32H43N6O3. The van der Waals surface area contributed by atoms with Crippen molar-refractivity contribution in [3.8, 4) is 12.1 Å². The number of hydrogen-bond donors (Lipinski definition) is 0. The summed E-state index contributed by atoms with van der Waals surface area (Å²) in [5, 5.41) is 9.51. The van der Waals surface area contributed by atoms with Crippen molar-refractivity contribution in [1.29, 1.82) is 5.26 Å². The summed E-state index contributed by atoms with van der Waals surface area (Å²) in [5.41, 5.74) is 4.68. The molecule has 1 aromatic rings. The van der Waals surface area contributed by atoms with Crippen molar-refractivity contribution in [3.63, 3.8) is 0 Å². The van der Waals surface area contributed by atoms with Crippen LogP contribution < -0.4 is 9.64 Å². The summed E-state index contributed by atoms with van der Waals surface area (Å²) in [7, 11) is 2.14. The molecule has 1 aliphatic carbocycles. The molecule has 41 heavy (non-hydrogen) atoms. The van der Waals surface area contributed by atoms with Crippen molar-refractivity contribution in [2.45, 2.75) is 83.4 Å². The SMILES string of the molecule is C=CC(=O)N1CCN(c2nc(OCC3CCCN3C)nc(C[C@H]3CCC4=C(CC=C(C)[CH]4)O3)c2CC)CC1CC#N. The number of piperazine rings is 1. The zero-order valence-electron chi connectivity index (χ0n) is 24.8. The summed E-state index contributed by atoms with van der Waals surface area (Å²) < 4.78 is 12.8. The Hall–Kier alpha value is -3.38. The molecule has 2 unspecified atom stereocenters. The number of aromatic nitrogens is 2. The molecule has 3 aliphatic heterocycles. The van der Waals surface area contributed by atoms with E-state index < -0.39 is 0 Å². The van der Waals surface area contributed by atoms with Gasteiger partial charge in [-0.25, -0.2) is 0 Å². The number of likely N-dealkylation sites (N-methyl/N-ethyl adjacent to an activating group) is 1. The molecule has 1 amide bonds. The number of carbonyl (C=O) groups excluding carboxylic acids is 1. The van der Waals surface area contributed by atoms with Gasteiger partial charge in [0.25, 0.3) is 0 Å². The highest BCUT2D eigenvalue weighted by atomic mass is 16.5. The first-order valence-corrected chi connectivity index (χ1v) is 15.1. The number of carbonyl (C=O) groups is 1. The second kappa shape index (κ2) is 13.1. The lowest BCUT2D eigenvalue weighted by atomic mass is 9.90. The zero-order chi connectivity index (χ0) is 28.9. The fourth-order valence-electron chi connectivity index (χ4n) is 6.52. The van der Waals surface area contributed by atoms with E-state index in [0.717, 1.165) is 61.5 Å². The third kappa shape index (κ3) is 6.59. The van der Waals surface area contributed by atoms with Gasteiger partial charge in [-0.2, -0.15) is 15.2 Å². The van der Waals surface area contributed by atoms with Crippen LogP contribution in [0.5, 0.6) is 6.01 Å². The van der Waals surface area contributed by atoms with E-state index in [-0.39, 0.29) is 24.5 Å². The lowest BCUT2D eigenvalue weighted by Gasteiger charge is -2.41. The van der Waals surface area contributed by atoms with E-state index in [4.69, 9.17) is 19.4 Å². The first-order chi connectivity index (χ1) is 19.9. The number of ether oxygens (including phenoxy) is 2. The number of rotatable bonds is 9. The lowest BCUT2D eigenvalue weighted by Crippen LogP contribution is -2.55. The van der Waals surface area contributed by atoms with Crippen LogP contribution >= 0.6 is 0 Å². The highest BCUT2D eigenvalue weighted by Crippen LogP contribution is 2.36. The summed E-state index contributed by atoms with van der Waals surface area (Å²) in [6, 6.07) is 2.78. The summed E-state index contributed by atoms with van der Waals surface area (Å²) in [5.74, 6) is 1.80. The summed E-state index contributed by atoms with van der Waals surface area (Å²) in [4.78, 5) is 28.8. The number of allylic oxidation sites excluding steroid dienone is 3. The molecule has 9 nitrogen and oxygen atoms in total. The normalized spacial score (nSPS) is 24.8. The molecule has 1 radical (unpaired) electrons. The van der Waals surface area contributed by atoms with Crippen LogP contribution in [0.4, 0.5) is 5.82 Å². The van der Waals surface area contributed by atoms with Gasteiger partial charge < -0.3 is 24.2 Å². The maximum absolute atomic E-state index is 12.5. The smallest absolute Gasteiger partial charge is 0.318 e. The Balaban J connectivity index is 1.42. The molecule has 219 valence electrons. The predicted molar refractivity (Wildman–Crippen MR) is 158 cm³/mol. The minimum absolute atomic E-state index is 0.0456. The fraction of sp³-hybridized carbons (Fsp3) is 0.594. The maximum Gasteiger partial charge on any atom is 0.318 e. The first kappa shape index (κ1) is 29.1. The van der Waals surface area contributed by atoms with Crippen molar-refractivity contribution >= 4 is 11.7 Å². The second-order valence-corrected chi connectivity index (χ2v) is 11.6. The van der Waals surface area contributed by atoms with Gasteiger partial charge in [0.05, 0.1) is 30.0 Å². The van der Waals surface area contributed by atoms with E-state index in [1.54, 1.807) is 4.90 Å². The number of nitriles is 1. The van der Waals surface area contributed by atoms with E-state index in [2.05, 4.69) is 55.8 Å². The number of likely N-dealkylation sites (tertiary alicyclic amines) is 1. The van der Waals surface area contributed by atoms with E-state index in [9.17, 15) is 10.1 Å². The molecule has 0 aromatic carbocycles. The van der Waals surface area contributed by atoms with Crippen LogP contribution in [-0.4, -0.2) is 83.7 Å². The lowest BCUT2D eigenvalue weighted by molar-refractivity contribution is -0.128. The molecule has 1 aromatic heterocycles. The molecule has 2 saturated heterocycles. The van der Waals surface area contributed by atoms with Crippen LogP contribution in [0.2, 0.25) is 0 Å². The fourth-order valence-corrected chi connectivity index (χ4v) is 6.52. The zero-order valence-corrected chi connectivity index (χ0v) is 24.8. The molecule has 3 atom stereocenters. The van der Waals surface area contributed by atoms with Crippen molar-refractivity contribution < 1.29 is 14.3 Å². The molecule has 4 heterocycles. The number of anilines is 1. The van der Waals surface area contributed by atoms with Crippen LogP contribution in [0, 0.1) is 17.8 Å². The Bertz CT molecular complexity index is 1250. The monoisotopic (exact) mass is 559 g/mol. The van der Waals surface area contributed by atoms with Crippen molar-refractivity contribution in [1.82, 2.24) is 19.8 Å². The molecule has 0 N–H and O–H groups in total. The van der Waals surface area contributed by atoms with E-state index in [1.807, 2.05) is 0 Å². The van der Waals surface area contributed by atoms with Crippen molar-refractivity contribution in [2.24, 2.45) is 0 Å². The Labute approximate surface area is 244 Å². The number of amides is 1. The summed E-state index contributed by atoms with van der Waals surface area (Å²) >= 11 is 0. The molecule has 5 rings (SSSR count). The number of nitrogens with zero attached hydrogens (tertiary/aromatic N) is 6. The van der Waals surface area contributed by atoms with Gasteiger partial charge in [-0.05, 0) is 64.3 Å². The number of hydrogen-bond acceptors (Lipinski definition) is 8. The van der Waals surface area contributed by atoms with Crippen LogP contribution in [-0.2, 0) is 22.4 Å². The predicted octanol–water partition coefficient (Wildman–Crippen LogP) is 4.16. The molecule has 0 saturated carbocycles. The topological polar surface area (TPSA) is 94.8 Å². The third-order valence-electron chi connectivity index (χ3n) is 8.88. The average Bonchev–Trinajstić information content (AvgIpc) is 3.40. The highest BCUT2D eigenvalue weighted by molar-refractivity contribution is 5.87. The Morgan fingerprint density at radius 2 is 2.12 bits per heavy atom. The highest BCUT2D eigenvalue weighted by Gasteiger charge is 2.33. The average molecular weight is 560 g/mol. The Kier molecular flexibility index (Phi) is 9.29. The Morgan fingerprint density at radius 3 is 2.85 bits per heavy atom. The van der Waals surface area contributed by atoms with Gasteiger partial charge in [-0.3, -0.25) is 4.79 Å². The molecule has 4 aliphatic rings. The van der Waals surface area contributed by atoms with Gasteiger partial charge in [0.15, 0.2) is 0 Å². The first-order valence-electron chi connectivity index (χ1n) is 15.1. The molecule has 0 spiro atoms. The van der Waals surface area contributed by atoms with E-state index >= 15 is 0 Å². The minimum Gasteiger partial charge on any atom is -0.494 e. The van der Waals surface area contributed by atoms with Crippen LogP contribution in [0.25, 0.3) is 0 Å². The largest absolute Gasteiger partial charge is 0.494 e. The second-order valence-electron chi connectivity index (χ2n) is 11.6. The molecule has 2 fully saturated rings. The minimum atomic E-state index is -0.232. The molecule has 9 heteroatoms. The van der Waals surface area contributed by atoms with Crippen LogP contribution in [0.3, 0.4) is 0 Å². The Morgan fingerprint density at radius 1 is 1.27 bits per heavy atom. The van der Waals surface area contributed by atoms with E-state index in [1.165, 1.54) is 23.6 Å².